The molecule has 7 aromatic rings. The maximum Gasteiger partial charge on any atom is 0.150 e. The molecule has 0 spiro atoms. The maximum absolute atomic E-state index is 11.9. The van der Waals surface area contributed by atoms with E-state index in [2.05, 4.69) is 199 Å². The Balaban J connectivity index is 1.05. The highest BCUT2D eigenvalue weighted by atomic mass is 32.1. The molecule has 4 aromatic carbocycles. The maximum atomic E-state index is 11.9. The smallest absolute Gasteiger partial charge is 0.150 e. The van der Waals surface area contributed by atoms with Crippen LogP contribution in [0.4, 0.5) is 0 Å². The number of methoxy groups -OCH3 is 1. The monoisotopic (exact) mass is 1020 g/mol. The summed E-state index contributed by atoms with van der Waals surface area (Å²) in [6, 6.07) is 35.7. The Labute approximate surface area is 450 Å². The second-order valence-corrected chi connectivity index (χ2v) is 22.3. The Morgan fingerprint density at radius 2 is 0.575 bits per heavy atom. The highest BCUT2D eigenvalue weighted by Gasteiger charge is 2.11. The molecule has 0 saturated carbocycles. The van der Waals surface area contributed by atoms with Crippen molar-refractivity contribution in [1.82, 2.24) is 0 Å². The first-order valence-corrected chi connectivity index (χ1v) is 29.2. The molecule has 0 bridgehead atoms. The summed E-state index contributed by atoms with van der Waals surface area (Å²) in [6.45, 7) is 13.5. The molecule has 5 heteroatoms. The van der Waals surface area contributed by atoms with Gasteiger partial charge in [0.2, 0.25) is 0 Å². The summed E-state index contributed by atoms with van der Waals surface area (Å²) >= 11 is 5.48. The van der Waals surface area contributed by atoms with E-state index in [0.29, 0.717) is 0 Å². The van der Waals surface area contributed by atoms with Crippen LogP contribution in [0.5, 0.6) is 5.75 Å². The van der Waals surface area contributed by atoms with Crippen molar-refractivity contribution in [2.75, 3.05) is 7.11 Å². The molecule has 3 aromatic heterocycles. The third-order valence-corrected chi connectivity index (χ3v) is 16.1. The first-order chi connectivity index (χ1) is 35.8. The summed E-state index contributed by atoms with van der Waals surface area (Å²) in [4.78, 5) is 19.4. The van der Waals surface area contributed by atoms with E-state index in [0.717, 1.165) is 106 Å². The van der Waals surface area contributed by atoms with Gasteiger partial charge in [-0.3, -0.25) is 4.79 Å². The Morgan fingerprint density at radius 3 is 0.822 bits per heavy atom. The van der Waals surface area contributed by atoms with Crippen molar-refractivity contribution < 1.29 is 9.53 Å². The first kappa shape index (κ1) is 54.7. The van der Waals surface area contributed by atoms with E-state index in [9.17, 15) is 4.79 Å². The molecule has 0 aliphatic carbocycles. The van der Waals surface area contributed by atoms with Crippen molar-refractivity contribution in [3.8, 4) is 5.75 Å². The number of ether oxygens (including phenoxy) is 1. The Hall–Kier alpha value is -6.11. The van der Waals surface area contributed by atoms with Crippen molar-refractivity contribution in [2.24, 2.45) is 0 Å². The lowest BCUT2D eigenvalue weighted by molar-refractivity contribution is 0.112. The number of benzene rings is 4. The van der Waals surface area contributed by atoms with Crippen LogP contribution in [0.3, 0.4) is 0 Å². The summed E-state index contributed by atoms with van der Waals surface area (Å²) in [7, 11) is 1.70. The minimum absolute atomic E-state index is 0.838. The van der Waals surface area contributed by atoms with Gasteiger partial charge in [0.05, 0.1) is 7.11 Å². The van der Waals surface area contributed by atoms with Gasteiger partial charge in [0.15, 0.2) is 0 Å². The number of hydrogen-bond acceptors (Lipinski definition) is 5. The average molecular weight is 1020 g/mol. The number of aryl methyl sites for hydroxylation is 6. The molecule has 0 unspecified atom stereocenters. The molecule has 0 fully saturated rings. The van der Waals surface area contributed by atoms with Gasteiger partial charge in [0, 0.05) is 34.8 Å². The van der Waals surface area contributed by atoms with Crippen molar-refractivity contribution in [3.63, 3.8) is 0 Å². The van der Waals surface area contributed by atoms with Crippen LogP contribution in [0, 0.1) is 0 Å². The quantitative estimate of drug-likeness (QED) is 0.0505. The SMILES string of the molecule is CCCc1cc(/C=C/c2ccc(/C=C/c3cc(CCC)c(/C=C/c4ccc(/C=C/c5cc(CCC)c(/C=C/c6ccc(/C=C/c7ccc(OC)cc7)s6)cc5CCC)s4)cc3CCC)s2)c(CCC)cc1C=O. The lowest BCUT2D eigenvalue weighted by atomic mass is 9.93. The molecule has 7 rings (SSSR count). The molecule has 73 heavy (non-hydrogen) atoms. The van der Waals surface area contributed by atoms with Crippen LogP contribution < -0.4 is 4.74 Å². The third kappa shape index (κ3) is 15.7. The predicted molar refractivity (Wildman–Crippen MR) is 328 cm³/mol. The van der Waals surface area contributed by atoms with Crippen LogP contribution >= 0.6 is 34.0 Å². The van der Waals surface area contributed by atoms with E-state index >= 15 is 0 Å². The lowest BCUT2D eigenvalue weighted by Crippen LogP contribution is -1.98. The molecule has 0 radical (unpaired) electrons. The molecule has 0 aliphatic heterocycles. The number of aldehydes is 1. The third-order valence-electron chi connectivity index (χ3n) is 13.1. The molecule has 0 saturated heterocycles. The van der Waals surface area contributed by atoms with Gasteiger partial charge in [0.25, 0.3) is 0 Å². The van der Waals surface area contributed by atoms with E-state index in [1.54, 1.807) is 7.11 Å². The molecule has 376 valence electrons. The van der Waals surface area contributed by atoms with Gasteiger partial charge in [-0.25, -0.2) is 0 Å². The number of rotatable bonds is 26. The fourth-order valence-electron chi connectivity index (χ4n) is 9.38. The Morgan fingerprint density at radius 1 is 0.329 bits per heavy atom. The lowest BCUT2D eigenvalue weighted by Gasteiger charge is -2.13. The fraction of sp³-hybridized carbons (Fsp3) is 0.279. The summed E-state index contributed by atoms with van der Waals surface area (Å²) in [5.74, 6) is 0.873. The molecule has 0 aliphatic rings. The predicted octanol–water partition coefficient (Wildman–Crippen LogP) is 20.4. The van der Waals surface area contributed by atoms with Gasteiger partial charge in [-0.1, -0.05) is 159 Å². The van der Waals surface area contributed by atoms with Crippen LogP contribution in [-0.2, 0) is 38.5 Å². The van der Waals surface area contributed by atoms with Crippen molar-refractivity contribution in [2.45, 2.75) is 119 Å². The molecule has 3 heterocycles. The fourth-order valence-corrected chi connectivity index (χ4v) is 11.8. The molecular weight excluding hydrogens is 945 g/mol. The van der Waals surface area contributed by atoms with E-state index in [-0.39, 0.29) is 0 Å². The minimum atomic E-state index is 0.838. The minimum Gasteiger partial charge on any atom is -0.497 e. The normalized spacial score (nSPS) is 12.2. The van der Waals surface area contributed by atoms with E-state index in [1.807, 2.05) is 46.1 Å². The second-order valence-electron chi connectivity index (χ2n) is 18.9. The van der Waals surface area contributed by atoms with Gasteiger partial charge in [-0.05, 0) is 196 Å². The number of hydrogen-bond donors (Lipinski definition) is 0. The number of carbonyl (C=O) groups is 1. The molecule has 2 nitrogen and oxygen atoms in total. The topological polar surface area (TPSA) is 26.3 Å². The molecular formula is C68H74O2S3. The Kier molecular flexibility index (Phi) is 21.2. The van der Waals surface area contributed by atoms with Gasteiger partial charge in [-0.2, -0.15) is 0 Å². The zero-order valence-electron chi connectivity index (χ0n) is 44.3. The number of thiophene rings is 3. The van der Waals surface area contributed by atoms with Crippen LogP contribution in [-0.4, -0.2) is 13.4 Å². The van der Waals surface area contributed by atoms with Crippen molar-refractivity contribution in [3.05, 3.63) is 199 Å². The molecule has 0 amide bonds. The summed E-state index contributed by atoms with van der Waals surface area (Å²) in [5, 5.41) is 0. The Bertz CT molecular complexity index is 3080. The van der Waals surface area contributed by atoms with Gasteiger partial charge in [-0.15, -0.1) is 34.0 Å². The summed E-state index contributed by atoms with van der Waals surface area (Å²) in [5.41, 5.74) is 16.5. The van der Waals surface area contributed by atoms with Gasteiger partial charge in [0.1, 0.15) is 12.0 Å². The van der Waals surface area contributed by atoms with Gasteiger partial charge >= 0.3 is 0 Å². The summed E-state index contributed by atoms with van der Waals surface area (Å²) in [6.07, 6.45) is 40.9. The van der Waals surface area contributed by atoms with E-state index < -0.39 is 0 Å². The van der Waals surface area contributed by atoms with Crippen molar-refractivity contribution in [1.29, 1.82) is 0 Å². The van der Waals surface area contributed by atoms with E-state index in [4.69, 9.17) is 4.74 Å². The molecule has 0 atom stereocenters. The van der Waals surface area contributed by atoms with Crippen LogP contribution in [0.15, 0.2) is 97.1 Å². The largest absolute Gasteiger partial charge is 0.497 e. The zero-order valence-corrected chi connectivity index (χ0v) is 46.7. The zero-order chi connectivity index (χ0) is 51.4. The molecule has 0 N–H and O–H groups in total. The standard InChI is InChI=1S/C68H74O2S3/c1-8-14-50-43-57(51(15-9-2)42-56(50)23-31-64-37-36-63(71-64)30-22-49-20-28-62(70-7)29-21-49)24-32-65-38-39-66(72-65)33-25-58-44-53(17-11-4)59(45-52(58)16-10-3)26-34-67-40-41-68(73-67)35-27-60-46-55(19-13-6)61(48-69)47-54(60)18-12-5/h20-48H,8-19H2,1-7H3/b30-22+,31-23+,32-24+,33-25+,34-26+,35-27+. The van der Waals surface area contributed by atoms with Crippen LogP contribution in [0.1, 0.15) is 186 Å². The average Bonchev–Trinajstić information content (AvgIpc) is 4.19. The van der Waals surface area contributed by atoms with Crippen LogP contribution in [0.2, 0.25) is 0 Å². The highest BCUT2D eigenvalue weighted by molar-refractivity contribution is 7.14. The van der Waals surface area contributed by atoms with Crippen LogP contribution in [0.25, 0.3) is 72.9 Å². The second kappa shape index (κ2) is 28.4. The summed E-state index contributed by atoms with van der Waals surface area (Å²) < 4.78 is 5.31. The number of carbonyl (C=O) groups excluding carboxylic acids is 1. The van der Waals surface area contributed by atoms with E-state index in [1.165, 1.54) is 84.9 Å². The van der Waals surface area contributed by atoms with Crippen molar-refractivity contribution >= 4 is 113 Å². The first-order valence-electron chi connectivity index (χ1n) is 26.7. The van der Waals surface area contributed by atoms with Gasteiger partial charge < -0.3 is 4.74 Å². The highest BCUT2D eigenvalue weighted by Crippen LogP contribution is 2.31.